The van der Waals surface area contributed by atoms with Gasteiger partial charge in [0.2, 0.25) is 5.91 Å². The lowest BCUT2D eigenvalue weighted by Gasteiger charge is -2.13. The summed E-state index contributed by atoms with van der Waals surface area (Å²) in [6, 6.07) is 6.82. The molecule has 1 aromatic carbocycles. The SMILES string of the molecule is O=C(CN1C(=O)N/C(=C/c2cccs2)C1=O)Nc1cccc(C(F)(F)F)c1. The lowest BCUT2D eigenvalue weighted by atomic mass is 10.2. The average Bonchev–Trinajstić information content (AvgIpc) is 3.19. The second-order valence-electron chi connectivity index (χ2n) is 5.52. The van der Waals surface area contributed by atoms with E-state index in [0.717, 1.165) is 23.1 Å². The van der Waals surface area contributed by atoms with E-state index in [2.05, 4.69) is 10.6 Å². The van der Waals surface area contributed by atoms with Gasteiger partial charge in [-0.05, 0) is 35.7 Å². The van der Waals surface area contributed by atoms with Gasteiger partial charge >= 0.3 is 12.2 Å². The molecule has 3 rings (SSSR count). The quantitative estimate of drug-likeness (QED) is 0.616. The van der Waals surface area contributed by atoms with Gasteiger partial charge in [0.15, 0.2) is 0 Å². The van der Waals surface area contributed by atoms with Crippen LogP contribution in [0.3, 0.4) is 0 Å². The summed E-state index contributed by atoms with van der Waals surface area (Å²) in [7, 11) is 0. The van der Waals surface area contributed by atoms with Crippen molar-refractivity contribution in [3.8, 4) is 0 Å². The van der Waals surface area contributed by atoms with E-state index in [-0.39, 0.29) is 11.4 Å². The van der Waals surface area contributed by atoms with Crippen LogP contribution >= 0.6 is 11.3 Å². The van der Waals surface area contributed by atoms with E-state index in [1.807, 2.05) is 0 Å². The molecule has 1 saturated heterocycles. The summed E-state index contributed by atoms with van der Waals surface area (Å²) in [5, 5.41) is 6.42. The molecule has 10 heteroatoms. The van der Waals surface area contributed by atoms with Gasteiger partial charge < -0.3 is 10.6 Å². The van der Waals surface area contributed by atoms with Gasteiger partial charge in [-0.25, -0.2) is 9.69 Å². The first kappa shape index (κ1) is 18.6. The van der Waals surface area contributed by atoms with Crippen LogP contribution in [0.5, 0.6) is 0 Å². The van der Waals surface area contributed by atoms with Crippen molar-refractivity contribution in [1.29, 1.82) is 0 Å². The van der Waals surface area contributed by atoms with Gasteiger partial charge in [-0.2, -0.15) is 13.2 Å². The summed E-state index contributed by atoms with van der Waals surface area (Å²) in [5.74, 6) is -1.48. The second kappa shape index (κ2) is 7.23. The molecule has 1 fully saturated rings. The highest BCUT2D eigenvalue weighted by atomic mass is 32.1. The van der Waals surface area contributed by atoms with Crippen LogP contribution < -0.4 is 10.6 Å². The standard InChI is InChI=1S/C17H12F3N3O3S/c18-17(19,20)10-3-1-4-11(7-10)21-14(24)9-23-15(25)13(22-16(23)26)8-12-5-2-6-27-12/h1-8H,9H2,(H,21,24)(H,22,26)/b13-8+. The van der Waals surface area contributed by atoms with Crippen LogP contribution in [0.1, 0.15) is 10.4 Å². The lowest BCUT2D eigenvalue weighted by Crippen LogP contribution is -2.38. The summed E-state index contributed by atoms with van der Waals surface area (Å²) < 4.78 is 38.1. The van der Waals surface area contributed by atoms with Crippen molar-refractivity contribution in [3.05, 3.63) is 57.9 Å². The van der Waals surface area contributed by atoms with E-state index in [9.17, 15) is 27.6 Å². The van der Waals surface area contributed by atoms with Gasteiger partial charge in [-0.3, -0.25) is 9.59 Å². The number of alkyl halides is 3. The molecule has 2 aromatic rings. The first-order valence-corrected chi connectivity index (χ1v) is 8.47. The Bertz CT molecular complexity index is 923. The van der Waals surface area contributed by atoms with E-state index < -0.39 is 36.1 Å². The highest BCUT2D eigenvalue weighted by Gasteiger charge is 2.35. The summed E-state index contributed by atoms with van der Waals surface area (Å²) in [4.78, 5) is 37.7. The van der Waals surface area contributed by atoms with Gasteiger partial charge in [0.1, 0.15) is 12.2 Å². The normalized spacial score (nSPS) is 16.0. The number of benzene rings is 1. The Hall–Kier alpha value is -3.14. The molecule has 4 amide bonds. The number of halogens is 3. The van der Waals surface area contributed by atoms with Crippen molar-refractivity contribution >= 4 is 40.9 Å². The van der Waals surface area contributed by atoms with Crippen molar-refractivity contribution in [2.24, 2.45) is 0 Å². The third-order valence-corrected chi connectivity index (χ3v) is 4.39. The Labute approximate surface area is 155 Å². The van der Waals surface area contributed by atoms with E-state index in [1.54, 1.807) is 17.5 Å². The Kier molecular flexibility index (Phi) is 5.00. The molecule has 1 aliphatic rings. The number of hydrogen-bond acceptors (Lipinski definition) is 4. The maximum atomic E-state index is 12.7. The predicted octanol–water partition coefficient (Wildman–Crippen LogP) is 3.30. The van der Waals surface area contributed by atoms with E-state index in [4.69, 9.17) is 0 Å². The lowest BCUT2D eigenvalue weighted by molar-refractivity contribution is -0.137. The van der Waals surface area contributed by atoms with Crippen molar-refractivity contribution < 1.29 is 27.6 Å². The Morgan fingerprint density at radius 2 is 2.00 bits per heavy atom. The number of thiophene rings is 1. The molecular formula is C17H12F3N3O3S. The summed E-state index contributed by atoms with van der Waals surface area (Å²) in [5.41, 5.74) is -0.984. The van der Waals surface area contributed by atoms with Gasteiger partial charge in [-0.15, -0.1) is 11.3 Å². The first-order chi connectivity index (χ1) is 12.7. The van der Waals surface area contributed by atoms with Crippen LogP contribution in [0.2, 0.25) is 0 Å². The van der Waals surface area contributed by atoms with E-state index in [0.29, 0.717) is 4.90 Å². The molecule has 0 unspecified atom stereocenters. The summed E-state index contributed by atoms with van der Waals surface area (Å²) >= 11 is 1.36. The van der Waals surface area contributed by atoms with Crippen LogP contribution in [0, 0.1) is 0 Å². The van der Waals surface area contributed by atoms with E-state index in [1.165, 1.54) is 23.5 Å². The molecule has 27 heavy (non-hydrogen) atoms. The zero-order valence-corrected chi connectivity index (χ0v) is 14.4. The van der Waals surface area contributed by atoms with Gasteiger partial charge in [-0.1, -0.05) is 12.1 Å². The number of amides is 4. The second-order valence-corrected chi connectivity index (χ2v) is 6.50. The van der Waals surface area contributed by atoms with Crippen LogP contribution in [0.25, 0.3) is 6.08 Å². The molecular weight excluding hydrogens is 383 g/mol. The number of imide groups is 1. The van der Waals surface area contributed by atoms with Crippen molar-refractivity contribution in [1.82, 2.24) is 10.2 Å². The minimum Gasteiger partial charge on any atom is -0.325 e. The maximum Gasteiger partial charge on any atom is 0.416 e. The van der Waals surface area contributed by atoms with Crippen LogP contribution in [0.4, 0.5) is 23.7 Å². The zero-order valence-electron chi connectivity index (χ0n) is 13.5. The average molecular weight is 395 g/mol. The van der Waals surface area contributed by atoms with Crippen LogP contribution in [-0.2, 0) is 15.8 Å². The number of hydrogen-bond donors (Lipinski definition) is 2. The van der Waals surface area contributed by atoms with Crippen LogP contribution in [0.15, 0.2) is 47.5 Å². The number of urea groups is 1. The number of carbonyl (C=O) groups excluding carboxylic acids is 3. The van der Waals surface area contributed by atoms with Gasteiger partial charge in [0.25, 0.3) is 5.91 Å². The third kappa shape index (κ3) is 4.34. The third-order valence-electron chi connectivity index (χ3n) is 3.57. The topological polar surface area (TPSA) is 78.5 Å². The minimum absolute atomic E-state index is 0.0225. The molecule has 0 radical (unpaired) electrons. The van der Waals surface area contributed by atoms with Crippen molar-refractivity contribution in [3.63, 3.8) is 0 Å². The van der Waals surface area contributed by atoms with Gasteiger partial charge in [0, 0.05) is 10.6 Å². The molecule has 140 valence electrons. The smallest absolute Gasteiger partial charge is 0.325 e. The summed E-state index contributed by atoms with van der Waals surface area (Å²) in [6.45, 7) is -0.622. The molecule has 0 saturated carbocycles. The van der Waals surface area contributed by atoms with Gasteiger partial charge in [0.05, 0.1) is 5.56 Å². The van der Waals surface area contributed by atoms with E-state index >= 15 is 0 Å². The summed E-state index contributed by atoms with van der Waals surface area (Å²) in [6.07, 6.45) is -3.07. The highest BCUT2D eigenvalue weighted by molar-refractivity contribution is 7.10. The Balaban J connectivity index is 1.68. The molecule has 0 spiro atoms. The highest BCUT2D eigenvalue weighted by Crippen LogP contribution is 2.30. The largest absolute Gasteiger partial charge is 0.416 e. The molecule has 2 N–H and O–H groups in total. The number of anilines is 1. The molecule has 1 aromatic heterocycles. The Morgan fingerprint density at radius 3 is 2.67 bits per heavy atom. The zero-order chi connectivity index (χ0) is 19.6. The first-order valence-electron chi connectivity index (χ1n) is 7.59. The minimum atomic E-state index is -4.55. The predicted molar refractivity (Wildman–Crippen MR) is 92.6 cm³/mol. The maximum absolute atomic E-state index is 12.7. The number of carbonyl (C=O) groups is 3. The van der Waals surface area contributed by atoms with Crippen molar-refractivity contribution in [2.45, 2.75) is 6.18 Å². The molecule has 0 aliphatic carbocycles. The number of nitrogens with one attached hydrogen (secondary N) is 2. The fourth-order valence-corrected chi connectivity index (χ4v) is 3.01. The fraction of sp³-hybridized carbons (Fsp3) is 0.118. The molecule has 6 nitrogen and oxygen atoms in total. The molecule has 0 bridgehead atoms. The van der Waals surface area contributed by atoms with Crippen LogP contribution in [-0.4, -0.2) is 29.3 Å². The fourth-order valence-electron chi connectivity index (χ4n) is 2.35. The molecule has 2 heterocycles. The number of nitrogens with zero attached hydrogens (tertiary/aromatic N) is 1. The van der Waals surface area contributed by atoms with Crippen molar-refractivity contribution in [2.75, 3.05) is 11.9 Å². The number of rotatable bonds is 4. The monoisotopic (exact) mass is 395 g/mol. The Morgan fingerprint density at radius 1 is 1.22 bits per heavy atom. The molecule has 1 aliphatic heterocycles. The molecule has 0 atom stereocenters.